The minimum absolute atomic E-state index is 0.196. The number of rotatable bonds is 2. The van der Waals surface area contributed by atoms with E-state index in [4.69, 9.17) is 4.42 Å². The molecule has 1 heterocycles. The molecule has 9 aromatic rings. The first-order valence-electron chi connectivity index (χ1n) is 14.3. The zero-order valence-electron chi connectivity index (χ0n) is 22.9. The Hall–Kier alpha value is -5.54. The molecule has 0 radical (unpaired) electrons. The van der Waals surface area contributed by atoms with Crippen molar-refractivity contribution in [2.75, 3.05) is 0 Å². The van der Waals surface area contributed by atoms with Crippen LogP contribution in [-0.2, 0) is 0 Å². The first-order chi connectivity index (χ1) is 21.2. The van der Waals surface area contributed by atoms with E-state index in [-0.39, 0.29) is 11.6 Å². The number of fused-ring (bicyclic) bond motifs is 7. The SMILES string of the molecule is Fc1c2ccccc2c(-c2ccc3c(c2)oc2ccc(-c4c5ccccc5c(F)c5ccccc45)cc23)c2ccccc12. The van der Waals surface area contributed by atoms with E-state index in [0.29, 0.717) is 21.5 Å². The maximum Gasteiger partial charge on any atom is 0.138 e. The van der Waals surface area contributed by atoms with Crippen LogP contribution in [0, 0.1) is 11.6 Å². The smallest absolute Gasteiger partial charge is 0.138 e. The second kappa shape index (κ2) is 8.98. The molecule has 8 aromatic carbocycles. The zero-order chi connectivity index (χ0) is 28.7. The Morgan fingerprint density at radius 3 is 1.19 bits per heavy atom. The summed E-state index contributed by atoms with van der Waals surface area (Å²) in [6.07, 6.45) is 0. The molecular formula is C40H22F2O. The molecule has 202 valence electrons. The van der Waals surface area contributed by atoms with Gasteiger partial charge in [0, 0.05) is 32.3 Å². The van der Waals surface area contributed by atoms with Crippen molar-refractivity contribution < 1.29 is 13.2 Å². The number of hydrogen-bond donors (Lipinski definition) is 0. The lowest BCUT2D eigenvalue weighted by Gasteiger charge is -2.13. The van der Waals surface area contributed by atoms with Gasteiger partial charge in [0.25, 0.3) is 0 Å². The Balaban J connectivity index is 1.29. The molecule has 0 aliphatic heterocycles. The minimum Gasteiger partial charge on any atom is -0.456 e. The third kappa shape index (κ3) is 3.42. The Labute approximate surface area is 245 Å². The average Bonchev–Trinajstić information content (AvgIpc) is 3.42. The van der Waals surface area contributed by atoms with Gasteiger partial charge in [-0.2, -0.15) is 0 Å². The van der Waals surface area contributed by atoms with Crippen LogP contribution >= 0.6 is 0 Å². The van der Waals surface area contributed by atoms with Crippen LogP contribution in [0.3, 0.4) is 0 Å². The Kier molecular flexibility index (Phi) is 5.03. The topological polar surface area (TPSA) is 13.1 Å². The second-order valence-corrected chi connectivity index (χ2v) is 11.1. The van der Waals surface area contributed by atoms with Gasteiger partial charge in [0.05, 0.1) is 0 Å². The van der Waals surface area contributed by atoms with Gasteiger partial charge in [-0.05, 0) is 68.1 Å². The highest BCUT2D eigenvalue weighted by Crippen LogP contribution is 2.43. The van der Waals surface area contributed by atoms with Crippen LogP contribution in [0.2, 0.25) is 0 Å². The van der Waals surface area contributed by atoms with Gasteiger partial charge >= 0.3 is 0 Å². The van der Waals surface area contributed by atoms with Crippen LogP contribution in [0.25, 0.3) is 87.3 Å². The second-order valence-electron chi connectivity index (χ2n) is 11.1. The standard InChI is InChI=1S/C40H22F2O/c41-39-30-13-5-1-9-26(30)37(27-10-2-6-14-31(27)39)23-18-20-35-34(21-23)25-19-17-24(22-36(25)43-35)38-28-11-3-7-15-32(28)40(42)33-16-8-4-12-29(33)38/h1-22H. The van der Waals surface area contributed by atoms with Crippen LogP contribution in [0.1, 0.15) is 0 Å². The highest BCUT2D eigenvalue weighted by Gasteiger charge is 2.19. The van der Waals surface area contributed by atoms with Crippen LogP contribution < -0.4 is 0 Å². The monoisotopic (exact) mass is 556 g/mol. The first-order valence-corrected chi connectivity index (χ1v) is 14.3. The summed E-state index contributed by atoms with van der Waals surface area (Å²) in [5.74, 6) is -0.397. The molecule has 0 fully saturated rings. The summed E-state index contributed by atoms with van der Waals surface area (Å²) in [7, 11) is 0. The molecule has 1 aromatic heterocycles. The van der Waals surface area contributed by atoms with Crippen molar-refractivity contribution in [2.24, 2.45) is 0 Å². The largest absolute Gasteiger partial charge is 0.456 e. The van der Waals surface area contributed by atoms with Crippen molar-refractivity contribution in [1.29, 1.82) is 0 Å². The van der Waals surface area contributed by atoms with Crippen molar-refractivity contribution in [1.82, 2.24) is 0 Å². The fraction of sp³-hybridized carbons (Fsp3) is 0. The fourth-order valence-corrected chi connectivity index (χ4v) is 6.86. The molecule has 0 amide bonds. The lowest BCUT2D eigenvalue weighted by molar-refractivity contribution is 0.651. The predicted molar refractivity (Wildman–Crippen MR) is 175 cm³/mol. The third-order valence-corrected chi connectivity index (χ3v) is 8.78. The van der Waals surface area contributed by atoms with Crippen molar-refractivity contribution in [3.05, 3.63) is 145 Å². The summed E-state index contributed by atoms with van der Waals surface area (Å²) >= 11 is 0. The van der Waals surface area contributed by atoms with Crippen LogP contribution in [0.5, 0.6) is 0 Å². The first kappa shape index (κ1) is 24.1. The normalized spacial score (nSPS) is 12.0. The van der Waals surface area contributed by atoms with E-state index < -0.39 is 0 Å². The minimum atomic E-state index is -0.201. The maximum atomic E-state index is 15.5. The number of benzene rings is 8. The lowest BCUT2D eigenvalue weighted by Crippen LogP contribution is -1.90. The van der Waals surface area contributed by atoms with Gasteiger partial charge in [-0.1, -0.05) is 109 Å². The van der Waals surface area contributed by atoms with E-state index in [1.54, 1.807) is 0 Å². The molecule has 1 nitrogen and oxygen atoms in total. The van der Waals surface area contributed by atoms with Crippen molar-refractivity contribution in [3.8, 4) is 22.3 Å². The van der Waals surface area contributed by atoms with Gasteiger partial charge in [-0.15, -0.1) is 0 Å². The third-order valence-electron chi connectivity index (χ3n) is 8.78. The van der Waals surface area contributed by atoms with Gasteiger partial charge in [0.15, 0.2) is 0 Å². The summed E-state index contributed by atoms with van der Waals surface area (Å²) in [6, 6.07) is 43.1. The van der Waals surface area contributed by atoms with E-state index >= 15 is 8.78 Å². The molecule has 0 aliphatic rings. The van der Waals surface area contributed by atoms with E-state index in [1.165, 1.54) is 0 Å². The van der Waals surface area contributed by atoms with Crippen LogP contribution in [0.4, 0.5) is 8.78 Å². The lowest BCUT2D eigenvalue weighted by atomic mass is 9.90. The molecule has 0 unspecified atom stereocenters. The molecule has 0 N–H and O–H groups in total. The zero-order valence-corrected chi connectivity index (χ0v) is 22.9. The van der Waals surface area contributed by atoms with Gasteiger partial charge < -0.3 is 4.42 Å². The molecule has 0 bridgehead atoms. The predicted octanol–water partition coefficient (Wildman–Crippen LogP) is 11.8. The van der Waals surface area contributed by atoms with Crippen LogP contribution in [0.15, 0.2) is 138 Å². The van der Waals surface area contributed by atoms with E-state index in [0.717, 1.165) is 65.7 Å². The molecule has 0 atom stereocenters. The molecule has 3 heteroatoms. The summed E-state index contributed by atoms with van der Waals surface area (Å²) in [5.41, 5.74) is 5.50. The average molecular weight is 557 g/mol. The van der Waals surface area contributed by atoms with E-state index in [1.807, 2.05) is 103 Å². The molecule has 9 rings (SSSR count). The number of furan rings is 1. The summed E-state index contributed by atoms with van der Waals surface area (Å²) in [6.45, 7) is 0. The van der Waals surface area contributed by atoms with Gasteiger partial charge in [-0.25, -0.2) is 8.78 Å². The Morgan fingerprint density at radius 2 is 0.721 bits per heavy atom. The molecule has 0 saturated heterocycles. The van der Waals surface area contributed by atoms with Gasteiger partial charge in [0.1, 0.15) is 22.8 Å². The van der Waals surface area contributed by atoms with E-state index in [2.05, 4.69) is 30.3 Å². The van der Waals surface area contributed by atoms with E-state index in [9.17, 15) is 0 Å². The molecule has 0 saturated carbocycles. The molecule has 43 heavy (non-hydrogen) atoms. The molecule has 0 spiro atoms. The Bertz CT molecular complexity index is 2480. The summed E-state index contributed by atoms with van der Waals surface area (Å²) in [4.78, 5) is 0. The summed E-state index contributed by atoms with van der Waals surface area (Å²) < 4.78 is 37.5. The molecule has 0 aliphatic carbocycles. The van der Waals surface area contributed by atoms with Crippen molar-refractivity contribution in [3.63, 3.8) is 0 Å². The van der Waals surface area contributed by atoms with Gasteiger partial charge in [0.2, 0.25) is 0 Å². The number of halogens is 2. The number of hydrogen-bond acceptors (Lipinski definition) is 1. The quantitative estimate of drug-likeness (QED) is 0.193. The maximum absolute atomic E-state index is 15.5. The van der Waals surface area contributed by atoms with Crippen molar-refractivity contribution in [2.45, 2.75) is 0 Å². The highest BCUT2D eigenvalue weighted by atomic mass is 19.1. The van der Waals surface area contributed by atoms with Crippen molar-refractivity contribution >= 4 is 65.0 Å². The summed E-state index contributed by atoms with van der Waals surface area (Å²) in [5, 5.41) is 7.89. The van der Waals surface area contributed by atoms with Crippen LogP contribution in [-0.4, -0.2) is 0 Å². The van der Waals surface area contributed by atoms with Gasteiger partial charge in [-0.3, -0.25) is 0 Å². The Morgan fingerprint density at radius 1 is 0.326 bits per heavy atom. The molecular weight excluding hydrogens is 534 g/mol. The fourth-order valence-electron chi connectivity index (χ4n) is 6.86. The highest BCUT2D eigenvalue weighted by molar-refractivity contribution is 6.17.